The van der Waals surface area contributed by atoms with Gasteiger partial charge in [-0.1, -0.05) is 32.1 Å². The Morgan fingerprint density at radius 1 is 1.29 bits per heavy atom. The number of carboxylic acids is 1. The summed E-state index contributed by atoms with van der Waals surface area (Å²) in [4.78, 5) is 10.4. The summed E-state index contributed by atoms with van der Waals surface area (Å²) in [7, 11) is 0. The SMILES string of the molecule is N[C@@H](CC1CCCCC1)C(=O)O.O.O. The van der Waals surface area contributed by atoms with Crippen LogP contribution in [0.5, 0.6) is 0 Å². The average Bonchev–Trinajstić information content (AvgIpc) is 2.06. The largest absolute Gasteiger partial charge is 0.480 e. The van der Waals surface area contributed by atoms with Gasteiger partial charge in [0, 0.05) is 0 Å². The molecule has 1 saturated carbocycles. The van der Waals surface area contributed by atoms with Gasteiger partial charge in [0.15, 0.2) is 0 Å². The number of carbonyl (C=O) groups is 1. The summed E-state index contributed by atoms with van der Waals surface area (Å²) in [5.74, 6) is -0.301. The van der Waals surface area contributed by atoms with E-state index in [1.807, 2.05) is 0 Å². The number of hydrogen-bond donors (Lipinski definition) is 2. The van der Waals surface area contributed by atoms with E-state index >= 15 is 0 Å². The topological polar surface area (TPSA) is 126 Å². The van der Waals surface area contributed by atoms with Crippen LogP contribution in [-0.2, 0) is 4.79 Å². The van der Waals surface area contributed by atoms with E-state index in [9.17, 15) is 4.79 Å². The predicted octanol–water partition coefficient (Wildman–Crippen LogP) is -0.281. The zero-order valence-corrected chi connectivity index (χ0v) is 8.33. The molecule has 7 N–H and O–H groups in total. The Morgan fingerprint density at radius 3 is 2.21 bits per heavy atom. The molecule has 0 spiro atoms. The number of nitrogens with two attached hydrogens (primary N) is 1. The van der Waals surface area contributed by atoms with Crippen molar-refractivity contribution in [2.45, 2.75) is 44.6 Å². The Balaban J connectivity index is 0. The van der Waals surface area contributed by atoms with E-state index in [2.05, 4.69) is 0 Å². The fraction of sp³-hybridized carbons (Fsp3) is 0.889. The highest BCUT2D eigenvalue weighted by Gasteiger charge is 2.20. The maximum Gasteiger partial charge on any atom is 0.320 e. The number of rotatable bonds is 3. The van der Waals surface area contributed by atoms with Crippen molar-refractivity contribution in [2.24, 2.45) is 11.7 Å². The Bertz CT molecular complexity index is 157. The molecule has 1 rings (SSSR count). The van der Waals surface area contributed by atoms with Crippen LogP contribution in [0.2, 0.25) is 0 Å². The molecule has 0 amide bonds. The first-order chi connectivity index (χ1) is 5.70. The van der Waals surface area contributed by atoms with Gasteiger partial charge in [0.2, 0.25) is 0 Å². The fourth-order valence-corrected chi connectivity index (χ4v) is 1.88. The molecule has 0 aromatic heterocycles. The fourth-order valence-electron chi connectivity index (χ4n) is 1.88. The molecule has 5 heteroatoms. The van der Waals surface area contributed by atoms with Crippen molar-refractivity contribution in [2.75, 3.05) is 0 Å². The van der Waals surface area contributed by atoms with E-state index in [1.54, 1.807) is 0 Å². The van der Waals surface area contributed by atoms with E-state index < -0.39 is 12.0 Å². The Hall–Kier alpha value is -0.650. The maximum atomic E-state index is 10.4. The van der Waals surface area contributed by atoms with Crippen LogP contribution in [0.1, 0.15) is 38.5 Å². The van der Waals surface area contributed by atoms with Crippen LogP contribution in [0, 0.1) is 5.92 Å². The zero-order valence-electron chi connectivity index (χ0n) is 8.33. The second-order valence-electron chi connectivity index (χ2n) is 3.68. The molecule has 14 heavy (non-hydrogen) atoms. The molecule has 1 aliphatic rings. The minimum absolute atomic E-state index is 0. The monoisotopic (exact) mass is 207 g/mol. The van der Waals surface area contributed by atoms with Gasteiger partial charge in [-0.15, -0.1) is 0 Å². The summed E-state index contributed by atoms with van der Waals surface area (Å²) in [6.45, 7) is 0. The minimum Gasteiger partial charge on any atom is -0.480 e. The summed E-state index contributed by atoms with van der Waals surface area (Å²) in [5.41, 5.74) is 5.45. The highest BCUT2D eigenvalue weighted by molar-refractivity contribution is 5.73. The van der Waals surface area contributed by atoms with Crippen molar-refractivity contribution >= 4 is 5.97 Å². The standard InChI is InChI=1S/C9H17NO2.2H2O/c10-8(9(11)12)6-7-4-2-1-3-5-7;;/h7-8H,1-6,10H2,(H,11,12);2*1H2/t8-;;/m0../s1. The highest BCUT2D eigenvalue weighted by atomic mass is 16.4. The lowest BCUT2D eigenvalue weighted by Gasteiger charge is -2.22. The first kappa shape index (κ1) is 15.8. The van der Waals surface area contributed by atoms with Crippen LogP contribution >= 0.6 is 0 Å². The summed E-state index contributed by atoms with van der Waals surface area (Å²) < 4.78 is 0. The van der Waals surface area contributed by atoms with Gasteiger partial charge < -0.3 is 21.8 Å². The van der Waals surface area contributed by atoms with Gasteiger partial charge in [-0.05, 0) is 12.3 Å². The molecule has 0 heterocycles. The molecule has 1 aliphatic carbocycles. The normalized spacial score (nSPS) is 18.9. The van der Waals surface area contributed by atoms with Crippen molar-refractivity contribution in [3.05, 3.63) is 0 Å². The Labute approximate surface area is 83.9 Å². The third-order valence-electron chi connectivity index (χ3n) is 2.63. The quantitative estimate of drug-likeness (QED) is 0.660. The van der Waals surface area contributed by atoms with Gasteiger partial charge in [-0.2, -0.15) is 0 Å². The second kappa shape index (κ2) is 7.73. The number of aliphatic carboxylic acids is 1. The summed E-state index contributed by atoms with van der Waals surface area (Å²) in [5, 5.41) is 8.59. The molecule has 0 radical (unpaired) electrons. The highest BCUT2D eigenvalue weighted by Crippen LogP contribution is 2.26. The molecule has 5 nitrogen and oxygen atoms in total. The molecular formula is C9H21NO4. The molecular weight excluding hydrogens is 186 g/mol. The third kappa shape index (κ3) is 5.16. The Kier molecular flexibility index (Phi) is 8.72. The van der Waals surface area contributed by atoms with E-state index in [0.717, 1.165) is 0 Å². The van der Waals surface area contributed by atoms with Crippen molar-refractivity contribution in [1.82, 2.24) is 0 Å². The van der Waals surface area contributed by atoms with Crippen molar-refractivity contribution in [3.8, 4) is 0 Å². The van der Waals surface area contributed by atoms with Crippen LogP contribution < -0.4 is 5.73 Å². The second-order valence-corrected chi connectivity index (χ2v) is 3.68. The van der Waals surface area contributed by atoms with Gasteiger partial charge in [-0.25, -0.2) is 0 Å². The molecule has 1 fully saturated rings. The van der Waals surface area contributed by atoms with Gasteiger partial charge >= 0.3 is 5.97 Å². The number of carboxylic acid groups (broad SMARTS) is 1. The molecule has 0 aromatic rings. The van der Waals surface area contributed by atoms with E-state index in [4.69, 9.17) is 10.8 Å². The average molecular weight is 207 g/mol. The van der Waals surface area contributed by atoms with Gasteiger partial charge in [0.1, 0.15) is 6.04 Å². The van der Waals surface area contributed by atoms with E-state index in [0.29, 0.717) is 12.3 Å². The molecule has 0 saturated heterocycles. The number of hydrogen-bond acceptors (Lipinski definition) is 2. The minimum atomic E-state index is -0.861. The summed E-state index contributed by atoms with van der Waals surface area (Å²) in [6.07, 6.45) is 6.80. The first-order valence-corrected chi connectivity index (χ1v) is 4.68. The lowest BCUT2D eigenvalue weighted by Crippen LogP contribution is -2.32. The van der Waals surface area contributed by atoms with Crippen molar-refractivity contribution in [3.63, 3.8) is 0 Å². The molecule has 86 valence electrons. The van der Waals surface area contributed by atoms with Gasteiger partial charge in [-0.3, -0.25) is 4.79 Å². The lowest BCUT2D eigenvalue weighted by molar-refractivity contribution is -0.139. The molecule has 0 aliphatic heterocycles. The third-order valence-corrected chi connectivity index (χ3v) is 2.63. The Morgan fingerprint density at radius 2 is 1.79 bits per heavy atom. The predicted molar refractivity (Wildman–Crippen MR) is 54.0 cm³/mol. The summed E-state index contributed by atoms with van der Waals surface area (Å²) in [6, 6.07) is -0.645. The van der Waals surface area contributed by atoms with E-state index in [1.165, 1.54) is 32.1 Å². The van der Waals surface area contributed by atoms with Crippen molar-refractivity contribution < 1.29 is 20.9 Å². The van der Waals surface area contributed by atoms with Crippen LogP contribution in [-0.4, -0.2) is 28.1 Å². The smallest absolute Gasteiger partial charge is 0.320 e. The van der Waals surface area contributed by atoms with Crippen LogP contribution in [0.4, 0.5) is 0 Å². The van der Waals surface area contributed by atoms with Crippen LogP contribution in [0.25, 0.3) is 0 Å². The molecule has 0 aromatic carbocycles. The van der Waals surface area contributed by atoms with Crippen LogP contribution in [0.3, 0.4) is 0 Å². The zero-order chi connectivity index (χ0) is 8.97. The molecule has 0 bridgehead atoms. The molecule has 1 atom stereocenters. The van der Waals surface area contributed by atoms with Gasteiger partial charge in [0.05, 0.1) is 0 Å². The molecule has 0 unspecified atom stereocenters. The lowest BCUT2D eigenvalue weighted by atomic mass is 9.85. The maximum absolute atomic E-state index is 10.4. The van der Waals surface area contributed by atoms with E-state index in [-0.39, 0.29) is 11.0 Å². The summed E-state index contributed by atoms with van der Waals surface area (Å²) >= 11 is 0. The van der Waals surface area contributed by atoms with Crippen molar-refractivity contribution in [1.29, 1.82) is 0 Å². The van der Waals surface area contributed by atoms with Crippen LogP contribution in [0.15, 0.2) is 0 Å². The first-order valence-electron chi connectivity index (χ1n) is 4.68. The van der Waals surface area contributed by atoms with Gasteiger partial charge in [0.25, 0.3) is 0 Å².